The molecule has 1 aliphatic heterocycles. The molecular formula is C17H16F2N6O. The van der Waals surface area contributed by atoms with Gasteiger partial charge in [0.1, 0.15) is 17.5 Å². The van der Waals surface area contributed by atoms with Crippen LogP contribution in [0.25, 0.3) is 5.65 Å². The largest absolute Gasteiger partial charge is 0.349 e. The number of hydrogen-bond donors (Lipinski definition) is 3. The molecule has 1 aliphatic rings. The Kier molecular flexibility index (Phi) is 4.00. The van der Waals surface area contributed by atoms with Gasteiger partial charge in [0.15, 0.2) is 11.5 Å². The molecular weight excluding hydrogens is 342 g/mol. The first-order valence-electron chi connectivity index (χ1n) is 8.13. The lowest BCUT2D eigenvalue weighted by molar-refractivity contribution is 0.234. The topological polar surface area (TPSA) is 89.5 Å². The number of nitrogens with one attached hydrogen (secondary N) is 2. The number of hydroxylamine groups is 1. The van der Waals surface area contributed by atoms with Gasteiger partial charge in [0.2, 0.25) is 0 Å². The number of fused-ring (bicyclic) bond motifs is 1. The van der Waals surface area contributed by atoms with Crippen LogP contribution in [0.5, 0.6) is 0 Å². The zero-order valence-electron chi connectivity index (χ0n) is 13.7. The second-order valence-electron chi connectivity index (χ2n) is 6.12. The van der Waals surface area contributed by atoms with E-state index >= 15 is 0 Å². The predicted octanol–water partition coefficient (Wildman–Crippen LogP) is 2.65. The average molecular weight is 358 g/mol. The van der Waals surface area contributed by atoms with Crippen LogP contribution >= 0.6 is 0 Å². The first-order valence-corrected chi connectivity index (χ1v) is 8.13. The number of aromatic nitrogens is 3. The fourth-order valence-electron chi connectivity index (χ4n) is 3.39. The van der Waals surface area contributed by atoms with Gasteiger partial charge in [-0.2, -0.15) is 5.10 Å². The van der Waals surface area contributed by atoms with Crippen LogP contribution in [0.4, 0.5) is 14.6 Å². The minimum atomic E-state index is -0.475. The highest BCUT2D eigenvalue weighted by atomic mass is 19.1. The van der Waals surface area contributed by atoms with Gasteiger partial charge in [-0.3, -0.25) is 16.1 Å². The van der Waals surface area contributed by atoms with E-state index in [4.69, 9.17) is 10.6 Å². The molecule has 134 valence electrons. The van der Waals surface area contributed by atoms with Crippen molar-refractivity contribution in [2.24, 2.45) is 0 Å². The summed E-state index contributed by atoms with van der Waals surface area (Å²) >= 11 is 0. The zero-order valence-corrected chi connectivity index (χ0v) is 13.7. The van der Waals surface area contributed by atoms with Crippen molar-refractivity contribution >= 4 is 17.3 Å². The maximum atomic E-state index is 14.2. The van der Waals surface area contributed by atoms with E-state index in [9.17, 15) is 8.78 Å². The molecule has 0 aliphatic carbocycles. The molecule has 0 unspecified atom stereocenters. The van der Waals surface area contributed by atoms with Crippen molar-refractivity contribution in [2.75, 3.05) is 11.4 Å². The van der Waals surface area contributed by atoms with E-state index in [2.05, 4.69) is 10.1 Å². The molecule has 1 atom stereocenters. The summed E-state index contributed by atoms with van der Waals surface area (Å²) in [4.78, 5) is 6.45. The normalized spacial score (nSPS) is 17.0. The van der Waals surface area contributed by atoms with E-state index in [1.165, 1.54) is 16.8 Å². The van der Waals surface area contributed by atoms with Crippen LogP contribution in [0.2, 0.25) is 0 Å². The minimum Gasteiger partial charge on any atom is -0.349 e. The van der Waals surface area contributed by atoms with Crippen LogP contribution in [-0.2, 0) is 0 Å². The Hall–Kier alpha value is -3.07. The fraction of sp³-hybridized carbons (Fsp3) is 0.235. The summed E-state index contributed by atoms with van der Waals surface area (Å²) in [6.45, 7) is 0.656. The first kappa shape index (κ1) is 16.4. The average Bonchev–Trinajstić information content (AvgIpc) is 3.29. The summed E-state index contributed by atoms with van der Waals surface area (Å²) in [5.74, 6) is -0.562. The molecule has 0 spiro atoms. The van der Waals surface area contributed by atoms with Gasteiger partial charge >= 0.3 is 0 Å². The Morgan fingerprint density at radius 2 is 2.15 bits per heavy atom. The molecule has 2 aromatic heterocycles. The Labute approximate surface area is 147 Å². The highest BCUT2D eigenvalue weighted by Crippen LogP contribution is 2.36. The van der Waals surface area contributed by atoms with E-state index < -0.39 is 11.6 Å². The van der Waals surface area contributed by atoms with Crippen molar-refractivity contribution in [1.82, 2.24) is 20.1 Å². The number of benzene rings is 1. The van der Waals surface area contributed by atoms with Gasteiger partial charge in [-0.1, -0.05) is 0 Å². The zero-order chi connectivity index (χ0) is 18.3. The molecule has 1 aromatic carbocycles. The van der Waals surface area contributed by atoms with E-state index in [1.54, 1.807) is 17.7 Å². The molecule has 3 aromatic rings. The summed E-state index contributed by atoms with van der Waals surface area (Å²) in [6.07, 6.45) is 4.62. The van der Waals surface area contributed by atoms with E-state index in [0.717, 1.165) is 18.6 Å². The smallest absolute Gasteiger partial charge is 0.168 e. The van der Waals surface area contributed by atoms with Crippen LogP contribution < -0.4 is 10.4 Å². The van der Waals surface area contributed by atoms with Gasteiger partial charge in [-0.15, -0.1) is 0 Å². The predicted molar refractivity (Wildman–Crippen MR) is 90.4 cm³/mol. The van der Waals surface area contributed by atoms with Crippen LogP contribution in [-0.4, -0.2) is 32.2 Å². The third kappa shape index (κ3) is 2.66. The van der Waals surface area contributed by atoms with E-state index in [-0.39, 0.29) is 11.9 Å². The van der Waals surface area contributed by atoms with Gasteiger partial charge in [-0.25, -0.2) is 18.3 Å². The van der Waals surface area contributed by atoms with Crippen molar-refractivity contribution in [2.45, 2.75) is 18.9 Å². The monoisotopic (exact) mass is 358 g/mol. The first-order chi connectivity index (χ1) is 12.6. The number of anilines is 1. The van der Waals surface area contributed by atoms with E-state index in [1.807, 2.05) is 4.90 Å². The number of rotatable bonds is 3. The molecule has 9 heteroatoms. The molecule has 26 heavy (non-hydrogen) atoms. The maximum Gasteiger partial charge on any atom is 0.168 e. The maximum absolute atomic E-state index is 14.2. The van der Waals surface area contributed by atoms with Gasteiger partial charge in [-0.05, 0) is 37.1 Å². The molecule has 0 radical (unpaired) electrons. The molecule has 4 rings (SSSR count). The summed E-state index contributed by atoms with van der Waals surface area (Å²) in [5.41, 5.74) is 2.81. The third-order valence-corrected chi connectivity index (χ3v) is 4.60. The molecule has 3 N–H and O–H groups in total. The summed E-state index contributed by atoms with van der Waals surface area (Å²) < 4.78 is 29.3. The lowest BCUT2D eigenvalue weighted by Crippen LogP contribution is -2.25. The van der Waals surface area contributed by atoms with Crippen LogP contribution in [0.1, 0.15) is 30.0 Å². The van der Waals surface area contributed by atoms with Crippen molar-refractivity contribution in [3.63, 3.8) is 0 Å². The van der Waals surface area contributed by atoms with Crippen LogP contribution in [0.3, 0.4) is 0 Å². The minimum absolute atomic E-state index is 0.223. The lowest BCUT2D eigenvalue weighted by Gasteiger charge is -2.26. The molecule has 0 amide bonds. The highest BCUT2D eigenvalue weighted by Gasteiger charge is 2.30. The molecule has 1 fully saturated rings. The number of hydrogen-bond acceptors (Lipinski definition) is 5. The van der Waals surface area contributed by atoms with Crippen LogP contribution in [0, 0.1) is 17.0 Å². The summed E-state index contributed by atoms with van der Waals surface area (Å²) in [7, 11) is 0. The lowest BCUT2D eigenvalue weighted by atomic mass is 10.0. The Bertz CT molecular complexity index is 989. The van der Waals surface area contributed by atoms with Gasteiger partial charge in [0.05, 0.1) is 17.8 Å². The number of nitrogens with zero attached hydrogens (tertiary/aromatic N) is 4. The second-order valence-corrected chi connectivity index (χ2v) is 6.12. The third-order valence-electron chi connectivity index (χ3n) is 4.60. The van der Waals surface area contributed by atoms with Crippen molar-refractivity contribution in [1.29, 1.82) is 5.41 Å². The highest BCUT2D eigenvalue weighted by molar-refractivity contribution is 6.00. The quantitative estimate of drug-likeness (QED) is 0.380. The Morgan fingerprint density at radius 1 is 1.31 bits per heavy atom. The summed E-state index contributed by atoms with van der Waals surface area (Å²) in [5, 5.41) is 20.8. The Morgan fingerprint density at radius 3 is 2.96 bits per heavy atom. The van der Waals surface area contributed by atoms with Gasteiger partial charge in [0, 0.05) is 18.3 Å². The second kappa shape index (κ2) is 6.34. The molecule has 3 heterocycles. The van der Waals surface area contributed by atoms with Crippen molar-refractivity contribution < 1.29 is 14.0 Å². The fourth-order valence-corrected chi connectivity index (χ4v) is 3.39. The van der Waals surface area contributed by atoms with Gasteiger partial charge in [0.25, 0.3) is 0 Å². The SMILES string of the molecule is N=C(NO)c1cnn2ccc(N3CCC[C@@H]3c3cc(F)ccc3F)nc12. The molecule has 7 nitrogen and oxygen atoms in total. The molecule has 0 saturated carbocycles. The number of halogens is 2. The van der Waals surface area contributed by atoms with Crippen LogP contribution in [0.15, 0.2) is 36.7 Å². The summed E-state index contributed by atoms with van der Waals surface area (Å²) in [6, 6.07) is 4.90. The van der Waals surface area contributed by atoms with Crippen molar-refractivity contribution in [3.05, 3.63) is 59.4 Å². The standard InChI is InChI=1S/C17H16F2N6O/c18-10-3-4-13(19)11(8-10)14-2-1-6-24(14)15-5-7-25-17(22-15)12(9-21-25)16(20)23-26/h3-5,7-9,14,26H,1-2,6H2,(H2,20,23)/t14-/m1/s1. The number of amidine groups is 1. The van der Waals surface area contributed by atoms with Gasteiger partial charge < -0.3 is 4.90 Å². The van der Waals surface area contributed by atoms with Crippen molar-refractivity contribution in [3.8, 4) is 0 Å². The van der Waals surface area contributed by atoms with E-state index in [0.29, 0.717) is 35.6 Å². The molecule has 0 bridgehead atoms. The molecule has 1 saturated heterocycles. The Balaban J connectivity index is 1.76.